The van der Waals surface area contributed by atoms with E-state index in [0.717, 1.165) is 64.2 Å². The van der Waals surface area contributed by atoms with Gasteiger partial charge in [-0.3, -0.25) is 4.79 Å². The van der Waals surface area contributed by atoms with Crippen molar-refractivity contribution in [1.29, 1.82) is 5.26 Å². The molecule has 0 bridgehead atoms. The van der Waals surface area contributed by atoms with E-state index in [-0.39, 0.29) is 18.0 Å². The Kier molecular flexibility index (Phi) is 8.49. The highest BCUT2D eigenvalue weighted by atomic mass is 19.1. The highest BCUT2D eigenvalue weighted by molar-refractivity contribution is 5.72. The predicted octanol–water partition coefficient (Wildman–Crippen LogP) is 6.78. The number of halogens is 1. The van der Waals surface area contributed by atoms with Crippen molar-refractivity contribution in [1.82, 2.24) is 0 Å². The zero-order valence-corrected chi connectivity index (χ0v) is 18.1. The lowest BCUT2D eigenvalue weighted by Gasteiger charge is -2.31. The molecule has 1 aromatic rings. The summed E-state index contributed by atoms with van der Waals surface area (Å²) in [6, 6.07) is 10.5. The third-order valence-corrected chi connectivity index (χ3v) is 7.00. The van der Waals surface area contributed by atoms with Gasteiger partial charge in [0, 0.05) is 0 Å². The third-order valence-electron chi connectivity index (χ3n) is 7.00. The average Bonchev–Trinajstić information content (AvgIpc) is 2.80. The molecule has 4 heteroatoms. The predicted molar refractivity (Wildman–Crippen MR) is 116 cm³/mol. The molecule has 0 spiro atoms. The molecule has 30 heavy (non-hydrogen) atoms. The van der Waals surface area contributed by atoms with Gasteiger partial charge in [-0.25, -0.2) is 0 Å². The van der Waals surface area contributed by atoms with Crippen LogP contribution in [-0.2, 0) is 16.0 Å². The van der Waals surface area contributed by atoms with Gasteiger partial charge in [0.15, 0.2) is 5.83 Å². The molecule has 162 valence electrons. The van der Waals surface area contributed by atoms with E-state index in [1.165, 1.54) is 23.3 Å². The molecule has 2 saturated carbocycles. The summed E-state index contributed by atoms with van der Waals surface area (Å²) in [4.78, 5) is 12.7. The zero-order chi connectivity index (χ0) is 21.3. The molecule has 3 rings (SSSR count). The molecule has 0 atom stereocenters. The number of esters is 1. The Labute approximate surface area is 180 Å². The number of ether oxygens (including phenoxy) is 1. The van der Waals surface area contributed by atoms with E-state index in [1.54, 1.807) is 0 Å². The van der Waals surface area contributed by atoms with Gasteiger partial charge in [0.25, 0.3) is 0 Å². The van der Waals surface area contributed by atoms with Crippen LogP contribution in [0.5, 0.6) is 0 Å². The summed E-state index contributed by atoms with van der Waals surface area (Å²) in [5, 5.41) is 8.45. The minimum absolute atomic E-state index is 0.00254. The van der Waals surface area contributed by atoms with E-state index in [4.69, 9.17) is 10.00 Å². The van der Waals surface area contributed by atoms with Gasteiger partial charge in [0.1, 0.15) is 12.2 Å². The highest BCUT2D eigenvalue weighted by Crippen LogP contribution is 2.37. The molecule has 0 heterocycles. The first-order valence-corrected chi connectivity index (χ1v) is 11.6. The number of nitriles is 1. The third kappa shape index (κ3) is 6.42. The van der Waals surface area contributed by atoms with Crippen LogP contribution in [0.1, 0.15) is 88.2 Å². The molecule has 2 aliphatic carbocycles. The van der Waals surface area contributed by atoms with E-state index >= 15 is 0 Å². The summed E-state index contributed by atoms with van der Waals surface area (Å²) < 4.78 is 18.7. The van der Waals surface area contributed by atoms with E-state index in [0.29, 0.717) is 18.3 Å². The summed E-state index contributed by atoms with van der Waals surface area (Å²) in [6.45, 7) is 2.17. The second-order valence-electron chi connectivity index (χ2n) is 8.96. The number of hydrogen-bond acceptors (Lipinski definition) is 3. The number of aryl methyl sites for hydroxylation is 1. The lowest BCUT2D eigenvalue weighted by atomic mass is 9.78. The molecule has 3 nitrogen and oxygen atoms in total. The second-order valence-corrected chi connectivity index (χ2v) is 8.96. The van der Waals surface area contributed by atoms with Crippen molar-refractivity contribution in [3.8, 4) is 6.07 Å². The SMILES string of the molecule is CCc1ccc(C2CCC(C(=O)OC3CCC(CC/C=C(/F)C#N)CC3)CC2)cc1. The van der Waals surface area contributed by atoms with E-state index in [2.05, 4.69) is 31.2 Å². The highest BCUT2D eigenvalue weighted by Gasteiger charge is 2.31. The Morgan fingerprint density at radius 3 is 2.37 bits per heavy atom. The molecule has 0 saturated heterocycles. The maximum atomic E-state index is 12.9. The smallest absolute Gasteiger partial charge is 0.309 e. The fraction of sp³-hybridized carbons (Fsp3) is 0.615. The van der Waals surface area contributed by atoms with Gasteiger partial charge >= 0.3 is 5.97 Å². The second kappa shape index (κ2) is 11.3. The summed E-state index contributed by atoms with van der Waals surface area (Å²) in [5.74, 6) is 0.461. The fourth-order valence-corrected chi connectivity index (χ4v) is 4.98. The molecule has 0 aliphatic heterocycles. The first kappa shape index (κ1) is 22.5. The zero-order valence-electron chi connectivity index (χ0n) is 18.1. The molecule has 1 aromatic carbocycles. The van der Waals surface area contributed by atoms with Crippen LogP contribution < -0.4 is 0 Å². The first-order valence-electron chi connectivity index (χ1n) is 11.6. The monoisotopic (exact) mass is 411 g/mol. The molecule has 0 N–H and O–H groups in total. The van der Waals surface area contributed by atoms with E-state index in [1.807, 2.05) is 0 Å². The van der Waals surface area contributed by atoms with Crippen molar-refractivity contribution in [3.05, 3.63) is 47.3 Å². The Morgan fingerprint density at radius 2 is 1.77 bits per heavy atom. The van der Waals surface area contributed by atoms with Crippen LogP contribution in [0.15, 0.2) is 36.2 Å². The normalized spacial score (nSPS) is 27.3. The number of hydrogen-bond donors (Lipinski definition) is 0. The van der Waals surface area contributed by atoms with Crippen molar-refractivity contribution < 1.29 is 13.9 Å². The summed E-state index contributed by atoms with van der Waals surface area (Å²) in [7, 11) is 0. The minimum Gasteiger partial charge on any atom is -0.462 e. The van der Waals surface area contributed by atoms with Crippen LogP contribution in [0.25, 0.3) is 0 Å². The van der Waals surface area contributed by atoms with Gasteiger partial charge in [-0.15, -0.1) is 0 Å². The van der Waals surface area contributed by atoms with Crippen LogP contribution in [0, 0.1) is 23.2 Å². The van der Waals surface area contributed by atoms with Crippen molar-refractivity contribution >= 4 is 5.97 Å². The summed E-state index contributed by atoms with van der Waals surface area (Å²) in [5.41, 5.74) is 2.78. The molecule has 2 fully saturated rings. The van der Waals surface area contributed by atoms with Crippen LogP contribution in [0.3, 0.4) is 0 Å². The van der Waals surface area contributed by atoms with Crippen molar-refractivity contribution in [2.75, 3.05) is 0 Å². The quantitative estimate of drug-likeness (QED) is 0.367. The lowest BCUT2D eigenvalue weighted by Crippen LogP contribution is -2.29. The van der Waals surface area contributed by atoms with Crippen molar-refractivity contribution in [2.24, 2.45) is 11.8 Å². The van der Waals surface area contributed by atoms with Gasteiger partial charge in [-0.05, 0) is 99.7 Å². The number of carbonyl (C=O) groups excluding carboxylic acids is 1. The fourth-order valence-electron chi connectivity index (χ4n) is 4.98. The van der Waals surface area contributed by atoms with Crippen molar-refractivity contribution in [3.63, 3.8) is 0 Å². The van der Waals surface area contributed by atoms with Crippen LogP contribution in [0.2, 0.25) is 0 Å². The number of rotatable bonds is 7. The molecule has 0 radical (unpaired) electrons. The van der Waals surface area contributed by atoms with Gasteiger partial charge in [0.2, 0.25) is 0 Å². The number of carbonyl (C=O) groups is 1. The molecule has 2 aliphatic rings. The van der Waals surface area contributed by atoms with Crippen LogP contribution in [0.4, 0.5) is 4.39 Å². The molecule has 0 aromatic heterocycles. The summed E-state index contributed by atoms with van der Waals surface area (Å²) >= 11 is 0. The van der Waals surface area contributed by atoms with E-state index < -0.39 is 5.83 Å². The molecule has 0 amide bonds. The standard InChI is InChI=1S/C26H34FNO2/c1-2-19-6-10-21(11-7-19)22-12-14-23(15-13-22)26(29)30-25-16-8-20(9-17-25)4-3-5-24(27)18-28/h5-7,10-11,20,22-23,25H,2-4,8-9,12-17H2,1H3/b24-5+. The maximum absolute atomic E-state index is 12.9. The van der Waals surface area contributed by atoms with Gasteiger partial charge in [-0.1, -0.05) is 31.2 Å². The first-order chi connectivity index (χ1) is 14.6. The summed E-state index contributed by atoms with van der Waals surface area (Å²) in [6.07, 6.45) is 11.8. The Balaban J connectivity index is 1.36. The van der Waals surface area contributed by atoms with Gasteiger partial charge in [-0.2, -0.15) is 9.65 Å². The maximum Gasteiger partial charge on any atom is 0.309 e. The van der Waals surface area contributed by atoms with Crippen LogP contribution in [-0.4, -0.2) is 12.1 Å². The number of allylic oxidation sites excluding steroid dienone is 2. The number of nitrogens with zero attached hydrogens (tertiary/aromatic N) is 1. The van der Waals surface area contributed by atoms with E-state index in [9.17, 15) is 9.18 Å². The van der Waals surface area contributed by atoms with Gasteiger partial charge in [0.05, 0.1) is 5.92 Å². The lowest BCUT2D eigenvalue weighted by molar-refractivity contribution is -0.157. The number of benzene rings is 1. The molecular formula is C26H34FNO2. The van der Waals surface area contributed by atoms with Gasteiger partial charge < -0.3 is 4.74 Å². The molecule has 0 unspecified atom stereocenters. The molecular weight excluding hydrogens is 377 g/mol. The largest absolute Gasteiger partial charge is 0.462 e. The van der Waals surface area contributed by atoms with Crippen LogP contribution >= 0.6 is 0 Å². The van der Waals surface area contributed by atoms with Crippen molar-refractivity contribution in [2.45, 2.75) is 89.6 Å². The minimum atomic E-state index is -0.690. The Hall–Kier alpha value is -2.15. The topological polar surface area (TPSA) is 50.1 Å². The Morgan fingerprint density at radius 1 is 1.10 bits per heavy atom. The Bertz CT molecular complexity index is 748. The average molecular weight is 412 g/mol.